The highest BCUT2D eigenvalue weighted by molar-refractivity contribution is 5.95. The van der Waals surface area contributed by atoms with Crippen LogP contribution in [0, 0.1) is 11.7 Å². The van der Waals surface area contributed by atoms with Gasteiger partial charge in [0.25, 0.3) is 5.91 Å². The monoisotopic (exact) mass is 471 g/mol. The summed E-state index contributed by atoms with van der Waals surface area (Å²) in [5.74, 6) is 0.0202. The SMILES string of the molecule is CC(C)[C@H]1COC(=O)N1c1ccnc(N[C@@H](C)c2ccc(C(=O)N3CCOC[C@H]3C)c(F)c2)n1. The van der Waals surface area contributed by atoms with Crippen LogP contribution in [-0.2, 0) is 9.47 Å². The molecule has 0 radical (unpaired) electrons. The minimum absolute atomic E-state index is 0.0372. The summed E-state index contributed by atoms with van der Waals surface area (Å²) in [5.41, 5.74) is 0.675. The second-order valence-electron chi connectivity index (χ2n) is 9.02. The molecule has 2 aliphatic rings. The molecule has 0 bridgehead atoms. The number of anilines is 2. The molecule has 2 amide bonds. The van der Waals surface area contributed by atoms with Crippen LogP contribution in [-0.4, -0.2) is 65.3 Å². The second-order valence-corrected chi connectivity index (χ2v) is 9.02. The molecule has 1 N–H and O–H groups in total. The van der Waals surface area contributed by atoms with Gasteiger partial charge in [0.2, 0.25) is 5.95 Å². The van der Waals surface area contributed by atoms with Gasteiger partial charge >= 0.3 is 6.09 Å². The van der Waals surface area contributed by atoms with Crippen molar-refractivity contribution in [2.24, 2.45) is 5.92 Å². The summed E-state index contributed by atoms with van der Waals surface area (Å²) in [7, 11) is 0. The van der Waals surface area contributed by atoms with Gasteiger partial charge in [-0.25, -0.2) is 14.2 Å². The largest absolute Gasteiger partial charge is 0.447 e. The number of aromatic nitrogens is 2. The molecule has 0 saturated carbocycles. The molecule has 182 valence electrons. The fourth-order valence-corrected chi connectivity index (χ4v) is 4.18. The average molecular weight is 472 g/mol. The molecule has 2 aromatic rings. The van der Waals surface area contributed by atoms with Gasteiger partial charge in [-0.05, 0) is 43.5 Å². The fourth-order valence-electron chi connectivity index (χ4n) is 4.18. The maximum Gasteiger partial charge on any atom is 0.415 e. The zero-order chi connectivity index (χ0) is 24.4. The number of cyclic esters (lactones) is 1. The van der Waals surface area contributed by atoms with E-state index >= 15 is 0 Å². The first-order chi connectivity index (χ1) is 16.3. The lowest BCUT2D eigenvalue weighted by atomic mass is 10.0. The first kappa shape index (κ1) is 23.9. The zero-order valence-electron chi connectivity index (χ0n) is 19.8. The van der Waals surface area contributed by atoms with Crippen molar-refractivity contribution in [3.63, 3.8) is 0 Å². The van der Waals surface area contributed by atoms with Crippen LogP contribution < -0.4 is 10.2 Å². The maximum atomic E-state index is 14.9. The van der Waals surface area contributed by atoms with Gasteiger partial charge < -0.3 is 19.7 Å². The van der Waals surface area contributed by atoms with Crippen LogP contribution in [0.5, 0.6) is 0 Å². The second kappa shape index (κ2) is 9.92. The number of benzene rings is 1. The molecule has 4 rings (SSSR count). The number of nitrogens with zero attached hydrogens (tertiary/aromatic N) is 4. The molecule has 3 heterocycles. The van der Waals surface area contributed by atoms with Crippen molar-refractivity contribution in [1.82, 2.24) is 14.9 Å². The molecule has 3 atom stereocenters. The molecule has 1 aromatic carbocycles. The van der Waals surface area contributed by atoms with Gasteiger partial charge in [0.05, 0.1) is 36.9 Å². The molecule has 0 unspecified atom stereocenters. The van der Waals surface area contributed by atoms with Crippen LogP contribution in [0.25, 0.3) is 0 Å². The summed E-state index contributed by atoms with van der Waals surface area (Å²) in [5, 5.41) is 3.15. The third-order valence-electron chi connectivity index (χ3n) is 6.26. The summed E-state index contributed by atoms with van der Waals surface area (Å²) in [4.78, 5) is 37.0. The third kappa shape index (κ3) is 4.82. The Hall–Kier alpha value is -3.27. The molecular weight excluding hydrogens is 441 g/mol. The van der Waals surface area contributed by atoms with Gasteiger partial charge in [0.1, 0.15) is 18.2 Å². The number of nitrogens with one attached hydrogen (secondary N) is 1. The summed E-state index contributed by atoms with van der Waals surface area (Å²) in [6, 6.07) is 5.68. The summed E-state index contributed by atoms with van der Waals surface area (Å²) < 4.78 is 25.5. The zero-order valence-corrected chi connectivity index (χ0v) is 19.8. The van der Waals surface area contributed by atoms with E-state index in [9.17, 15) is 14.0 Å². The first-order valence-corrected chi connectivity index (χ1v) is 11.5. The van der Waals surface area contributed by atoms with Gasteiger partial charge in [-0.2, -0.15) is 4.98 Å². The van der Waals surface area contributed by atoms with E-state index in [2.05, 4.69) is 15.3 Å². The minimum Gasteiger partial charge on any atom is -0.447 e. The normalized spacial score (nSPS) is 21.5. The number of hydrogen-bond donors (Lipinski definition) is 1. The van der Waals surface area contributed by atoms with Crippen LogP contribution in [0.15, 0.2) is 30.5 Å². The van der Waals surface area contributed by atoms with E-state index in [0.29, 0.717) is 43.7 Å². The van der Waals surface area contributed by atoms with Gasteiger partial charge in [0, 0.05) is 12.7 Å². The summed E-state index contributed by atoms with van der Waals surface area (Å²) in [6.07, 6.45) is 1.12. The maximum absolute atomic E-state index is 14.9. The highest BCUT2D eigenvalue weighted by Crippen LogP contribution is 2.27. The highest BCUT2D eigenvalue weighted by Gasteiger charge is 2.37. The van der Waals surface area contributed by atoms with Crippen molar-refractivity contribution in [1.29, 1.82) is 0 Å². The number of rotatable bonds is 6. The average Bonchev–Trinajstić information content (AvgIpc) is 3.21. The van der Waals surface area contributed by atoms with Crippen molar-refractivity contribution >= 4 is 23.8 Å². The lowest BCUT2D eigenvalue weighted by molar-refractivity contribution is 0.00335. The van der Waals surface area contributed by atoms with Gasteiger partial charge in [-0.1, -0.05) is 19.9 Å². The molecule has 9 nitrogen and oxygen atoms in total. The van der Waals surface area contributed by atoms with Crippen molar-refractivity contribution in [2.75, 3.05) is 36.6 Å². The third-order valence-corrected chi connectivity index (χ3v) is 6.26. The van der Waals surface area contributed by atoms with E-state index in [4.69, 9.17) is 9.47 Å². The number of amides is 2. The van der Waals surface area contributed by atoms with E-state index in [-0.39, 0.29) is 35.5 Å². The van der Waals surface area contributed by atoms with Crippen molar-refractivity contribution in [2.45, 2.75) is 45.8 Å². The Labute approximate surface area is 198 Å². The van der Waals surface area contributed by atoms with Gasteiger partial charge in [-0.15, -0.1) is 0 Å². The molecular formula is C24H30FN5O4. The van der Waals surface area contributed by atoms with Crippen LogP contribution in [0.4, 0.5) is 21.0 Å². The van der Waals surface area contributed by atoms with E-state index < -0.39 is 11.9 Å². The minimum atomic E-state index is -0.580. The first-order valence-electron chi connectivity index (χ1n) is 11.5. The van der Waals surface area contributed by atoms with Crippen LogP contribution in [0.1, 0.15) is 49.7 Å². The number of carbonyl (C=O) groups is 2. The topological polar surface area (TPSA) is 96.9 Å². The molecule has 2 fully saturated rings. The number of halogens is 1. The van der Waals surface area contributed by atoms with Crippen LogP contribution in [0.3, 0.4) is 0 Å². The predicted molar refractivity (Wildman–Crippen MR) is 124 cm³/mol. The summed E-state index contributed by atoms with van der Waals surface area (Å²) in [6.45, 7) is 9.41. The Kier molecular flexibility index (Phi) is 6.97. The van der Waals surface area contributed by atoms with Gasteiger partial charge in [-0.3, -0.25) is 9.69 Å². The van der Waals surface area contributed by atoms with Crippen molar-refractivity contribution < 1.29 is 23.5 Å². The molecule has 2 aliphatic heterocycles. The lowest BCUT2D eigenvalue weighted by Crippen LogP contribution is -2.47. The Morgan fingerprint density at radius 2 is 2.03 bits per heavy atom. The molecule has 0 spiro atoms. The number of ether oxygens (including phenoxy) is 2. The number of hydrogen-bond acceptors (Lipinski definition) is 7. The van der Waals surface area contributed by atoms with Crippen LogP contribution >= 0.6 is 0 Å². The molecule has 0 aliphatic carbocycles. The molecule has 34 heavy (non-hydrogen) atoms. The number of morpholine rings is 1. The quantitative estimate of drug-likeness (QED) is 0.687. The van der Waals surface area contributed by atoms with Crippen molar-refractivity contribution in [3.8, 4) is 0 Å². The smallest absolute Gasteiger partial charge is 0.415 e. The number of carbonyl (C=O) groups excluding carboxylic acids is 2. The summed E-state index contributed by atoms with van der Waals surface area (Å²) >= 11 is 0. The Morgan fingerprint density at radius 1 is 1.24 bits per heavy atom. The fraction of sp³-hybridized carbons (Fsp3) is 0.500. The van der Waals surface area contributed by atoms with E-state index in [1.165, 1.54) is 17.0 Å². The van der Waals surface area contributed by atoms with E-state index in [1.807, 2.05) is 27.7 Å². The van der Waals surface area contributed by atoms with E-state index in [0.717, 1.165) is 0 Å². The van der Waals surface area contributed by atoms with Crippen LogP contribution in [0.2, 0.25) is 0 Å². The molecule has 2 saturated heterocycles. The predicted octanol–water partition coefficient (Wildman–Crippen LogP) is 3.63. The molecule has 10 heteroatoms. The highest BCUT2D eigenvalue weighted by atomic mass is 19.1. The van der Waals surface area contributed by atoms with Gasteiger partial charge in [0.15, 0.2) is 0 Å². The Balaban J connectivity index is 1.48. The lowest BCUT2D eigenvalue weighted by Gasteiger charge is -2.33. The molecule has 1 aromatic heterocycles. The Bertz CT molecular complexity index is 1070. The van der Waals surface area contributed by atoms with E-state index in [1.54, 1.807) is 23.2 Å². The standard InChI is InChI=1S/C24H30FN5O4/c1-14(2)20-13-34-24(32)30(20)21-7-8-26-23(28-21)27-16(4)17-5-6-18(19(25)11-17)22(31)29-9-10-33-12-15(29)3/h5-8,11,14-16,20H,9-10,12-13H2,1-4H3,(H,26,27,28)/t15-,16+,20-/m1/s1. The van der Waals surface area contributed by atoms with Crippen molar-refractivity contribution in [3.05, 3.63) is 47.4 Å². The Morgan fingerprint density at radius 3 is 2.74 bits per heavy atom.